The molecule has 2 atom stereocenters. The molecule has 0 unspecified atom stereocenters. The van der Waals surface area contributed by atoms with Crippen LogP contribution in [0.4, 0.5) is 0 Å². The monoisotopic (exact) mass is 543 g/mol. The maximum atomic E-state index is 12.8. The molecule has 1 amide bonds. The number of amides is 1. The van der Waals surface area contributed by atoms with Gasteiger partial charge in [-0.05, 0) is 49.1 Å². The Morgan fingerprint density at radius 2 is 1.97 bits per heavy atom. The second-order valence-electron chi connectivity index (χ2n) is 9.88. The number of rotatable bonds is 11. The van der Waals surface area contributed by atoms with Crippen LogP contribution >= 0.6 is 11.8 Å². The Morgan fingerprint density at radius 3 is 2.69 bits per heavy atom. The van der Waals surface area contributed by atoms with Crippen LogP contribution in [-0.2, 0) is 4.79 Å². The number of benzene rings is 1. The average molecular weight is 544 g/mol. The summed E-state index contributed by atoms with van der Waals surface area (Å²) < 4.78 is 6.16. The van der Waals surface area contributed by atoms with E-state index in [-0.39, 0.29) is 17.2 Å². The molecule has 0 bridgehead atoms. The van der Waals surface area contributed by atoms with Crippen molar-refractivity contribution < 1.29 is 9.53 Å². The number of likely N-dealkylation sites (tertiary alicyclic amines) is 1. The second-order valence-corrected chi connectivity index (χ2v) is 11.1. The molecule has 1 aliphatic rings. The molecule has 2 aromatic heterocycles. The summed E-state index contributed by atoms with van der Waals surface area (Å²) in [5.74, 6) is 0.999. The van der Waals surface area contributed by atoms with E-state index >= 15 is 0 Å². The summed E-state index contributed by atoms with van der Waals surface area (Å²) in [7, 11) is 4.03. The zero-order valence-corrected chi connectivity index (χ0v) is 24.2. The summed E-state index contributed by atoms with van der Waals surface area (Å²) in [6, 6.07) is 12.1. The van der Waals surface area contributed by atoms with Gasteiger partial charge in [-0.15, -0.1) is 11.8 Å². The first-order valence-corrected chi connectivity index (χ1v) is 14.3. The van der Waals surface area contributed by atoms with Crippen LogP contribution < -0.4 is 4.74 Å². The highest BCUT2D eigenvalue weighted by Crippen LogP contribution is 2.32. The minimum atomic E-state index is 0.0501. The quantitative estimate of drug-likeness (QED) is 0.208. The van der Waals surface area contributed by atoms with E-state index in [1.54, 1.807) is 24.2 Å². The van der Waals surface area contributed by atoms with E-state index in [0.29, 0.717) is 30.3 Å². The molecule has 1 saturated heterocycles. The summed E-state index contributed by atoms with van der Waals surface area (Å²) in [6.07, 6.45) is 8.82. The second kappa shape index (κ2) is 12.9. The lowest BCUT2D eigenvalue weighted by Crippen LogP contribution is -2.28. The van der Waals surface area contributed by atoms with Gasteiger partial charge in [-0.2, -0.15) is 0 Å². The lowest BCUT2D eigenvalue weighted by Gasteiger charge is -2.25. The third kappa shape index (κ3) is 6.87. The van der Waals surface area contributed by atoms with Crippen LogP contribution in [0.25, 0.3) is 16.6 Å². The Labute approximate surface area is 235 Å². The summed E-state index contributed by atoms with van der Waals surface area (Å²) >= 11 is 1.63. The molecule has 4 rings (SSSR count). The fourth-order valence-electron chi connectivity index (χ4n) is 4.58. The van der Waals surface area contributed by atoms with Crippen molar-refractivity contribution in [2.45, 2.75) is 44.9 Å². The molecule has 0 N–H and O–H groups in total. The molecule has 3 aromatic rings. The lowest BCUT2D eigenvalue weighted by molar-refractivity contribution is -0.129. The highest BCUT2D eigenvalue weighted by molar-refractivity contribution is 7.99. The largest absolute Gasteiger partial charge is 0.465 e. The van der Waals surface area contributed by atoms with E-state index in [1.165, 1.54) is 0 Å². The summed E-state index contributed by atoms with van der Waals surface area (Å²) in [4.78, 5) is 30.6. The van der Waals surface area contributed by atoms with Crippen LogP contribution in [0.3, 0.4) is 0 Å². The SMILES string of the molecule is C=C(CC)/C(=C\C=C(/C)c1cc2nccnc2c(OCS[C@H]2CC(=O)N([C@@H](C)c3ccccc3)C2)n1)N(C)C. The fraction of sp³-hybridized carbons (Fsp3) is 0.355. The normalized spacial score (nSPS) is 17.0. The number of pyridine rings is 1. The molecule has 0 radical (unpaired) electrons. The maximum Gasteiger partial charge on any atom is 0.243 e. The first-order valence-electron chi connectivity index (χ1n) is 13.2. The third-order valence-corrected chi connectivity index (χ3v) is 8.00. The molecular weight excluding hydrogens is 506 g/mol. The number of thioether (sulfide) groups is 1. The fourth-order valence-corrected chi connectivity index (χ4v) is 5.48. The van der Waals surface area contributed by atoms with Crippen molar-refractivity contribution in [2.24, 2.45) is 0 Å². The van der Waals surface area contributed by atoms with E-state index in [2.05, 4.69) is 53.5 Å². The van der Waals surface area contributed by atoms with Crippen molar-refractivity contribution in [1.29, 1.82) is 0 Å². The number of hydrogen-bond donors (Lipinski definition) is 0. The number of allylic oxidation sites excluding steroid dienone is 4. The Kier molecular flexibility index (Phi) is 9.41. The number of carbonyl (C=O) groups excluding carboxylic acids is 1. The van der Waals surface area contributed by atoms with Gasteiger partial charge in [-0.1, -0.05) is 49.9 Å². The number of nitrogens with zero attached hydrogens (tertiary/aromatic N) is 5. The average Bonchev–Trinajstić information content (AvgIpc) is 3.32. The zero-order chi connectivity index (χ0) is 27.9. The molecule has 8 heteroatoms. The summed E-state index contributed by atoms with van der Waals surface area (Å²) in [5.41, 5.74) is 6.41. The van der Waals surface area contributed by atoms with Crippen LogP contribution in [0.5, 0.6) is 5.88 Å². The molecule has 0 spiro atoms. The van der Waals surface area contributed by atoms with Gasteiger partial charge in [0.2, 0.25) is 11.8 Å². The number of aromatic nitrogens is 3. The summed E-state index contributed by atoms with van der Waals surface area (Å²) in [5, 5.41) is 0.159. The number of fused-ring (bicyclic) bond motifs is 1. The summed E-state index contributed by atoms with van der Waals surface area (Å²) in [6.45, 7) is 11.1. The smallest absolute Gasteiger partial charge is 0.243 e. The topological polar surface area (TPSA) is 71.5 Å². The molecule has 0 saturated carbocycles. The van der Waals surface area contributed by atoms with E-state index in [0.717, 1.165) is 40.0 Å². The van der Waals surface area contributed by atoms with Crippen molar-refractivity contribution in [3.63, 3.8) is 0 Å². The lowest BCUT2D eigenvalue weighted by atomic mass is 10.1. The number of ether oxygens (including phenoxy) is 1. The molecule has 1 aliphatic heterocycles. The highest BCUT2D eigenvalue weighted by Gasteiger charge is 2.33. The maximum absolute atomic E-state index is 12.8. The van der Waals surface area contributed by atoms with Crippen molar-refractivity contribution in [3.8, 4) is 5.88 Å². The number of carbonyl (C=O) groups is 1. The molecule has 1 aromatic carbocycles. The molecule has 204 valence electrons. The number of hydrogen-bond acceptors (Lipinski definition) is 7. The molecule has 39 heavy (non-hydrogen) atoms. The minimum absolute atomic E-state index is 0.0501. The zero-order valence-electron chi connectivity index (χ0n) is 23.4. The number of likely N-dealkylation sites (N-methyl/N-ethyl adjacent to an activating group) is 1. The van der Waals surface area contributed by atoms with Gasteiger partial charge >= 0.3 is 0 Å². The van der Waals surface area contributed by atoms with Crippen molar-refractivity contribution in [2.75, 3.05) is 26.6 Å². The van der Waals surface area contributed by atoms with Gasteiger partial charge in [0, 0.05) is 50.4 Å². The van der Waals surface area contributed by atoms with Gasteiger partial charge in [0.25, 0.3) is 0 Å². The first kappa shape index (κ1) is 28.4. The standard InChI is InChI=1S/C31H37N5O2S/c1-7-21(2)28(35(5)6)14-13-22(3)26-18-27-30(33-16-15-32-27)31(34-26)38-20-39-25-17-29(37)36(19-25)23(4)24-11-9-8-10-12-24/h8-16,18,23,25H,2,7,17,19-20H2,1,3-6H3/b22-13+,28-14+/t23-,25-/m0/s1. The van der Waals surface area contributed by atoms with E-state index < -0.39 is 0 Å². The van der Waals surface area contributed by atoms with E-state index in [9.17, 15) is 4.79 Å². The molecule has 1 fully saturated rings. The molecular formula is C31H37N5O2S. The Balaban J connectivity index is 1.47. The van der Waals surface area contributed by atoms with E-state index in [1.807, 2.05) is 56.3 Å². The van der Waals surface area contributed by atoms with Gasteiger partial charge < -0.3 is 14.5 Å². The molecule has 7 nitrogen and oxygen atoms in total. The molecule has 0 aliphatic carbocycles. The van der Waals surface area contributed by atoms with Crippen LogP contribution in [0.15, 0.2) is 78.8 Å². The van der Waals surface area contributed by atoms with E-state index in [4.69, 9.17) is 9.72 Å². The molecule has 3 heterocycles. The Bertz CT molecular complexity index is 1390. The van der Waals surface area contributed by atoms with Crippen LogP contribution in [0.2, 0.25) is 0 Å². The highest BCUT2D eigenvalue weighted by atomic mass is 32.2. The van der Waals surface area contributed by atoms with Gasteiger partial charge in [0.05, 0.1) is 17.3 Å². The van der Waals surface area contributed by atoms with Crippen molar-refractivity contribution >= 4 is 34.3 Å². The van der Waals surface area contributed by atoms with Gasteiger partial charge in [0.15, 0.2) is 5.52 Å². The van der Waals surface area contributed by atoms with Crippen LogP contribution in [0, 0.1) is 0 Å². The van der Waals surface area contributed by atoms with Crippen LogP contribution in [0.1, 0.15) is 50.9 Å². The van der Waals surface area contributed by atoms with Gasteiger partial charge in [-0.25, -0.2) is 9.97 Å². The predicted molar refractivity (Wildman–Crippen MR) is 160 cm³/mol. The van der Waals surface area contributed by atoms with Crippen molar-refractivity contribution in [1.82, 2.24) is 24.8 Å². The van der Waals surface area contributed by atoms with Crippen molar-refractivity contribution in [3.05, 3.63) is 90.1 Å². The Morgan fingerprint density at radius 1 is 1.23 bits per heavy atom. The van der Waals surface area contributed by atoms with Crippen LogP contribution in [-0.4, -0.2) is 62.5 Å². The van der Waals surface area contributed by atoms with Gasteiger partial charge in [0.1, 0.15) is 5.94 Å². The van der Waals surface area contributed by atoms with Gasteiger partial charge in [-0.3, -0.25) is 9.78 Å². The predicted octanol–water partition coefficient (Wildman–Crippen LogP) is 6.27. The third-order valence-electron chi connectivity index (χ3n) is 6.96. The first-order chi connectivity index (χ1) is 18.8. The minimum Gasteiger partial charge on any atom is -0.465 e. The Hall–Kier alpha value is -3.65.